The maximum atomic E-state index is 11.6. The molecule has 2 N–H and O–H groups in total. The van der Waals surface area contributed by atoms with E-state index in [4.69, 9.17) is 21.1 Å². The third-order valence-corrected chi connectivity index (χ3v) is 6.34. The number of hydrogen-bond acceptors (Lipinski definition) is 6. The van der Waals surface area contributed by atoms with E-state index in [0.717, 1.165) is 15.6 Å². The molecular formula is C23H29BrClN3O4. The Kier molecular flexibility index (Phi) is 8.16. The van der Waals surface area contributed by atoms with E-state index >= 15 is 0 Å². The molecule has 1 aromatic heterocycles. The lowest BCUT2D eigenvalue weighted by atomic mass is 10.1. The van der Waals surface area contributed by atoms with Crippen molar-refractivity contribution in [2.24, 2.45) is 0 Å². The van der Waals surface area contributed by atoms with Gasteiger partial charge in [-0.15, -0.1) is 0 Å². The van der Waals surface area contributed by atoms with Gasteiger partial charge in [0.05, 0.1) is 23.4 Å². The summed E-state index contributed by atoms with van der Waals surface area (Å²) < 4.78 is 12.1. The van der Waals surface area contributed by atoms with Gasteiger partial charge >= 0.3 is 0 Å². The summed E-state index contributed by atoms with van der Waals surface area (Å²) in [6.07, 6.45) is 0.0472. The van der Waals surface area contributed by atoms with E-state index < -0.39 is 12.0 Å². The van der Waals surface area contributed by atoms with Crippen LogP contribution in [0.4, 0.5) is 0 Å². The highest BCUT2D eigenvalue weighted by molar-refractivity contribution is 9.10. The van der Waals surface area contributed by atoms with Gasteiger partial charge in [-0.3, -0.25) is 4.79 Å². The van der Waals surface area contributed by atoms with Gasteiger partial charge in [-0.05, 0) is 55.3 Å². The molecule has 2 atom stereocenters. The van der Waals surface area contributed by atoms with Crippen molar-refractivity contribution in [3.8, 4) is 17.1 Å². The topological polar surface area (TPSA) is 83.9 Å². The van der Waals surface area contributed by atoms with Crippen LogP contribution in [0.2, 0.25) is 5.02 Å². The lowest BCUT2D eigenvalue weighted by Crippen LogP contribution is -2.47. The van der Waals surface area contributed by atoms with Crippen molar-refractivity contribution in [3.05, 3.63) is 45.4 Å². The first-order valence-corrected chi connectivity index (χ1v) is 11.6. The first-order valence-electron chi connectivity index (χ1n) is 10.4. The summed E-state index contributed by atoms with van der Waals surface area (Å²) in [5, 5.41) is 14.3. The fourth-order valence-corrected chi connectivity index (χ4v) is 4.15. The molecule has 2 heterocycles. The highest BCUT2D eigenvalue weighted by Gasteiger charge is 2.29. The molecule has 1 aromatic carbocycles. The van der Waals surface area contributed by atoms with Crippen molar-refractivity contribution in [3.63, 3.8) is 0 Å². The Balaban J connectivity index is 1.87. The Labute approximate surface area is 202 Å². The molecule has 32 heavy (non-hydrogen) atoms. The van der Waals surface area contributed by atoms with Crippen LogP contribution >= 0.6 is 27.5 Å². The van der Waals surface area contributed by atoms with Crippen molar-refractivity contribution in [2.75, 3.05) is 13.7 Å². The normalized spacial score (nSPS) is 17.5. The summed E-state index contributed by atoms with van der Waals surface area (Å²) in [6, 6.07) is 9.38. The number of nitrogens with zero attached hydrogens (tertiary/aromatic N) is 2. The summed E-state index contributed by atoms with van der Waals surface area (Å²) in [5.41, 5.74) is 1.70. The van der Waals surface area contributed by atoms with Gasteiger partial charge in [0.1, 0.15) is 0 Å². The quantitative estimate of drug-likeness (QED) is 0.498. The number of amides is 1. The molecular weight excluding hydrogens is 498 g/mol. The highest BCUT2D eigenvalue weighted by atomic mass is 79.9. The van der Waals surface area contributed by atoms with Gasteiger partial charge in [-0.1, -0.05) is 29.8 Å². The third kappa shape index (κ3) is 6.42. The van der Waals surface area contributed by atoms with Crippen LogP contribution in [0, 0.1) is 0 Å². The van der Waals surface area contributed by atoms with Gasteiger partial charge in [-0.2, -0.15) is 0 Å². The molecule has 0 radical (unpaired) electrons. The second-order valence-corrected chi connectivity index (χ2v) is 9.99. The van der Waals surface area contributed by atoms with Crippen LogP contribution < -0.4 is 10.1 Å². The summed E-state index contributed by atoms with van der Waals surface area (Å²) >= 11 is 9.88. The van der Waals surface area contributed by atoms with Gasteiger partial charge in [0, 0.05) is 41.2 Å². The Morgan fingerprint density at radius 2 is 2.09 bits per heavy atom. The van der Waals surface area contributed by atoms with Crippen LogP contribution in [-0.4, -0.2) is 52.6 Å². The maximum absolute atomic E-state index is 11.6. The minimum atomic E-state index is -1.16. The Morgan fingerprint density at radius 1 is 1.34 bits per heavy atom. The van der Waals surface area contributed by atoms with Gasteiger partial charge < -0.3 is 19.9 Å². The molecule has 1 amide bonds. The van der Waals surface area contributed by atoms with Gasteiger partial charge in [0.15, 0.2) is 0 Å². The van der Waals surface area contributed by atoms with Crippen LogP contribution in [0.1, 0.15) is 39.2 Å². The molecule has 1 unspecified atom stereocenters. The predicted octanol–water partition coefficient (Wildman–Crippen LogP) is 4.34. The minimum absolute atomic E-state index is 0.0238. The van der Waals surface area contributed by atoms with Crippen LogP contribution in [0.25, 0.3) is 11.3 Å². The fourth-order valence-electron chi connectivity index (χ4n) is 3.56. The molecule has 7 nitrogen and oxygen atoms in total. The zero-order valence-electron chi connectivity index (χ0n) is 18.7. The number of methoxy groups -OCH3 is 1. The first kappa shape index (κ1) is 24.9. The molecule has 0 bridgehead atoms. The van der Waals surface area contributed by atoms with E-state index in [1.807, 2.05) is 51.1 Å². The Bertz CT molecular complexity index is 967. The number of carbonyl (C=O) groups excluding carboxylic acids is 1. The molecule has 1 saturated heterocycles. The number of benzene rings is 1. The van der Waals surface area contributed by atoms with Gasteiger partial charge in [0.2, 0.25) is 18.2 Å². The predicted molar refractivity (Wildman–Crippen MR) is 127 cm³/mol. The number of nitrogens with one attached hydrogen (secondary N) is 1. The van der Waals surface area contributed by atoms with Crippen molar-refractivity contribution >= 4 is 33.4 Å². The highest BCUT2D eigenvalue weighted by Crippen LogP contribution is 2.34. The molecule has 1 aliphatic rings. The molecule has 0 saturated carbocycles. The summed E-state index contributed by atoms with van der Waals surface area (Å²) in [6.45, 7) is 6.40. The number of pyridine rings is 1. The first-order chi connectivity index (χ1) is 15.1. The number of aliphatic hydroxyl groups excluding tert-OH is 1. The number of ether oxygens (including phenoxy) is 2. The van der Waals surface area contributed by atoms with Gasteiger partial charge in [0.25, 0.3) is 0 Å². The zero-order chi connectivity index (χ0) is 23.5. The van der Waals surface area contributed by atoms with E-state index in [1.165, 1.54) is 0 Å². The zero-order valence-corrected chi connectivity index (χ0v) is 21.0. The van der Waals surface area contributed by atoms with E-state index in [2.05, 4.69) is 26.2 Å². The fraction of sp³-hybridized carbons (Fsp3) is 0.478. The number of halogens is 2. The standard InChI is InChI=1S/C23H29BrClN3O4/c1-23(2,3)32-22(30)28(13-15-9-11-19(29)26-15)12-14-8-10-18(27-21(14)31-4)16-6-5-7-17(24)20(16)25/h5-8,10,15,22,30H,9,11-13H2,1-4H3,(H,26,29)/t15-,22?/m0/s1. The van der Waals surface area contributed by atoms with E-state index in [1.54, 1.807) is 12.0 Å². The van der Waals surface area contributed by atoms with E-state index in [0.29, 0.717) is 42.5 Å². The molecule has 0 aliphatic carbocycles. The Hall–Kier alpha value is -1.71. The average molecular weight is 527 g/mol. The smallest absolute Gasteiger partial charge is 0.220 e. The number of carbonyl (C=O) groups is 1. The lowest BCUT2D eigenvalue weighted by molar-refractivity contribution is -0.242. The maximum Gasteiger partial charge on any atom is 0.220 e. The number of aromatic nitrogens is 1. The van der Waals surface area contributed by atoms with Crippen LogP contribution in [-0.2, 0) is 16.1 Å². The van der Waals surface area contributed by atoms with Crippen molar-refractivity contribution in [1.29, 1.82) is 0 Å². The van der Waals surface area contributed by atoms with Crippen LogP contribution in [0.15, 0.2) is 34.8 Å². The molecule has 0 spiro atoms. The summed E-state index contributed by atoms with van der Waals surface area (Å²) in [4.78, 5) is 18.1. The molecule has 9 heteroatoms. The largest absolute Gasteiger partial charge is 0.481 e. The summed E-state index contributed by atoms with van der Waals surface area (Å²) in [5.74, 6) is 0.456. The lowest BCUT2D eigenvalue weighted by Gasteiger charge is -2.34. The molecule has 3 rings (SSSR count). The van der Waals surface area contributed by atoms with Crippen LogP contribution in [0.5, 0.6) is 5.88 Å². The molecule has 2 aromatic rings. The molecule has 1 aliphatic heterocycles. The average Bonchev–Trinajstić information content (AvgIpc) is 3.13. The monoisotopic (exact) mass is 525 g/mol. The number of rotatable bonds is 8. The van der Waals surface area contributed by atoms with Crippen molar-refractivity contribution in [2.45, 2.75) is 58.2 Å². The summed E-state index contributed by atoms with van der Waals surface area (Å²) in [7, 11) is 1.56. The second kappa shape index (κ2) is 10.5. The third-order valence-electron chi connectivity index (χ3n) is 5.04. The van der Waals surface area contributed by atoms with Crippen molar-refractivity contribution in [1.82, 2.24) is 15.2 Å². The minimum Gasteiger partial charge on any atom is -0.481 e. The number of hydrogen-bond donors (Lipinski definition) is 2. The van der Waals surface area contributed by atoms with Crippen molar-refractivity contribution < 1.29 is 19.4 Å². The molecule has 1 fully saturated rings. The van der Waals surface area contributed by atoms with Crippen LogP contribution in [0.3, 0.4) is 0 Å². The van der Waals surface area contributed by atoms with Gasteiger partial charge in [-0.25, -0.2) is 9.88 Å². The Morgan fingerprint density at radius 3 is 2.72 bits per heavy atom. The van der Waals surface area contributed by atoms with E-state index in [-0.39, 0.29) is 11.9 Å². The number of aliphatic hydroxyl groups is 1. The SMILES string of the molecule is COc1nc(-c2cccc(Br)c2Cl)ccc1CN(C[C@@H]1CCC(=O)N1)C(O)OC(C)(C)C. The molecule has 174 valence electrons. The van der Waals surface area contributed by atoms with E-state index in [9.17, 15) is 9.90 Å². The second-order valence-electron chi connectivity index (χ2n) is 8.76.